The second kappa shape index (κ2) is 7.13. The van der Waals surface area contributed by atoms with Crippen molar-refractivity contribution in [1.29, 1.82) is 0 Å². The summed E-state index contributed by atoms with van der Waals surface area (Å²) in [6.07, 6.45) is 5.81. The Morgan fingerprint density at radius 1 is 0.621 bits per heavy atom. The number of benzene rings is 2. The number of aromatic nitrogens is 1. The maximum Gasteiger partial charge on any atom is 0.239 e. The van der Waals surface area contributed by atoms with Crippen LogP contribution >= 0.6 is 0 Å². The lowest BCUT2D eigenvalue weighted by Crippen LogP contribution is -2.32. The highest BCUT2D eigenvalue weighted by atomic mass is 16.2. The Morgan fingerprint density at radius 2 is 1.10 bits per heavy atom. The van der Waals surface area contributed by atoms with E-state index in [4.69, 9.17) is 0 Å². The van der Waals surface area contributed by atoms with Crippen molar-refractivity contribution in [2.75, 3.05) is 4.90 Å². The molecule has 4 heteroatoms. The third-order valence-corrected chi connectivity index (χ3v) is 5.94. The smallest absolute Gasteiger partial charge is 0.239 e. The number of carbonyl (C=O) groups is 2. The molecule has 1 aliphatic carbocycles. The molecule has 0 radical (unpaired) electrons. The first-order valence-electron chi connectivity index (χ1n) is 9.83. The van der Waals surface area contributed by atoms with E-state index in [9.17, 15) is 9.59 Å². The third kappa shape index (κ3) is 2.88. The predicted octanol–water partition coefficient (Wildman–Crippen LogP) is 4.32. The van der Waals surface area contributed by atoms with Crippen LogP contribution in [0, 0.1) is 11.8 Å². The van der Waals surface area contributed by atoms with Crippen molar-refractivity contribution in [3.8, 4) is 0 Å². The van der Waals surface area contributed by atoms with Gasteiger partial charge in [0.2, 0.25) is 11.8 Å². The molecule has 1 fully saturated rings. The zero-order valence-corrected chi connectivity index (χ0v) is 15.8. The van der Waals surface area contributed by atoms with Gasteiger partial charge in [0.15, 0.2) is 0 Å². The van der Waals surface area contributed by atoms with E-state index in [-0.39, 0.29) is 23.7 Å². The van der Waals surface area contributed by atoms with Crippen LogP contribution in [0.4, 0.5) is 5.82 Å². The highest BCUT2D eigenvalue weighted by Gasteiger charge is 2.55. The minimum atomic E-state index is -0.442. The van der Waals surface area contributed by atoms with Crippen molar-refractivity contribution >= 4 is 17.6 Å². The van der Waals surface area contributed by atoms with Crippen molar-refractivity contribution in [1.82, 2.24) is 4.98 Å². The van der Waals surface area contributed by atoms with Gasteiger partial charge in [0.25, 0.3) is 0 Å². The second-order valence-corrected chi connectivity index (χ2v) is 7.51. The number of nitrogens with zero attached hydrogens (tertiary/aromatic N) is 2. The summed E-state index contributed by atoms with van der Waals surface area (Å²) in [5.41, 5.74) is 2.10. The van der Waals surface area contributed by atoms with E-state index in [0.29, 0.717) is 5.82 Å². The fraction of sp³-hybridized carbons (Fsp3) is 0.160. The molecule has 29 heavy (non-hydrogen) atoms. The normalized spacial score (nSPS) is 25.9. The molecule has 0 saturated carbocycles. The zero-order chi connectivity index (χ0) is 19.8. The quantitative estimate of drug-likeness (QED) is 0.502. The van der Waals surface area contributed by atoms with Crippen molar-refractivity contribution in [2.45, 2.75) is 11.8 Å². The fourth-order valence-corrected chi connectivity index (χ4v) is 4.65. The average Bonchev–Trinajstić information content (AvgIpc) is 3.06. The number of pyridine rings is 1. The first-order valence-corrected chi connectivity index (χ1v) is 9.83. The molecule has 4 atom stereocenters. The monoisotopic (exact) mass is 380 g/mol. The Kier molecular flexibility index (Phi) is 4.32. The van der Waals surface area contributed by atoms with Gasteiger partial charge in [0.05, 0.1) is 11.8 Å². The van der Waals surface area contributed by atoms with Crippen LogP contribution in [0.15, 0.2) is 97.2 Å². The molecule has 0 spiro atoms. The summed E-state index contributed by atoms with van der Waals surface area (Å²) in [5.74, 6) is -1.09. The van der Waals surface area contributed by atoms with Crippen LogP contribution in [0.2, 0.25) is 0 Å². The number of fused-ring (bicyclic) bond motifs is 1. The molecule has 142 valence electrons. The van der Waals surface area contributed by atoms with Crippen LogP contribution < -0.4 is 4.90 Å². The number of carbonyl (C=O) groups excluding carboxylic acids is 2. The van der Waals surface area contributed by atoms with E-state index in [2.05, 4.69) is 17.1 Å². The highest BCUT2D eigenvalue weighted by Crippen LogP contribution is 2.49. The van der Waals surface area contributed by atoms with Crippen LogP contribution in [0.1, 0.15) is 23.0 Å². The lowest BCUT2D eigenvalue weighted by Gasteiger charge is -2.32. The van der Waals surface area contributed by atoms with Gasteiger partial charge in [0.1, 0.15) is 5.82 Å². The molecule has 2 aromatic carbocycles. The Balaban J connectivity index is 1.64. The molecular weight excluding hydrogens is 360 g/mol. The number of allylic oxidation sites excluding steroid dienone is 2. The minimum Gasteiger partial charge on any atom is -0.274 e. The number of amides is 2. The molecule has 0 bridgehead atoms. The summed E-state index contributed by atoms with van der Waals surface area (Å²) in [6.45, 7) is 0. The predicted molar refractivity (Wildman–Crippen MR) is 111 cm³/mol. The maximum absolute atomic E-state index is 13.5. The van der Waals surface area contributed by atoms with Crippen molar-refractivity contribution in [3.63, 3.8) is 0 Å². The highest BCUT2D eigenvalue weighted by molar-refractivity contribution is 6.22. The summed E-state index contributed by atoms with van der Waals surface area (Å²) in [4.78, 5) is 32.6. The Labute approximate surface area is 169 Å². The summed E-state index contributed by atoms with van der Waals surface area (Å²) in [7, 11) is 0. The van der Waals surface area contributed by atoms with E-state index >= 15 is 0 Å². The Bertz CT molecular complexity index is 996. The van der Waals surface area contributed by atoms with Gasteiger partial charge in [0, 0.05) is 18.0 Å². The van der Waals surface area contributed by atoms with Gasteiger partial charge in [-0.1, -0.05) is 78.9 Å². The SMILES string of the molecule is O=C1[C@H]2[C@H](C(=O)N1c1ccccn1)[C@H](c1ccccc1)C=C[C@H]2c1ccccc1. The molecule has 2 amide bonds. The zero-order valence-electron chi connectivity index (χ0n) is 15.8. The van der Waals surface area contributed by atoms with Gasteiger partial charge in [-0.15, -0.1) is 0 Å². The maximum atomic E-state index is 13.5. The first kappa shape index (κ1) is 17.6. The van der Waals surface area contributed by atoms with Crippen LogP contribution in [0.5, 0.6) is 0 Å². The number of imide groups is 1. The number of hydrogen-bond donors (Lipinski definition) is 0. The van der Waals surface area contributed by atoms with Gasteiger partial charge < -0.3 is 0 Å². The standard InChI is InChI=1S/C25H20N2O2/c28-24-22-19(17-9-3-1-4-10-17)14-15-20(18-11-5-2-6-12-18)23(22)25(29)27(24)21-13-7-8-16-26-21/h1-16,19-20,22-23H/t19-,20-,22+,23+/m0/s1. The molecule has 4 nitrogen and oxygen atoms in total. The van der Waals surface area contributed by atoms with Gasteiger partial charge >= 0.3 is 0 Å². The Hall–Kier alpha value is -3.53. The molecule has 1 aromatic heterocycles. The van der Waals surface area contributed by atoms with Gasteiger partial charge in [-0.25, -0.2) is 9.88 Å². The number of rotatable bonds is 3. The molecule has 0 unspecified atom stereocenters. The summed E-state index contributed by atoms with van der Waals surface area (Å²) in [5, 5.41) is 0. The molecule has 5 rings (SSSR count). The van der Waals surface area contributed by atoms with Gasteiger partial charge in [-0.2, -0.15) is 0 Å². The van der Waals surface area contributed by atoms with Crippen molar-refractivity contribution in [2.24, 2.45) is 11.8 Å². The molecule has 0 N–H and O–H groups in total. The van der Waals surface area contributed by atoms with E-state index in [1.807, 2.05) is 60.7 Å². The topological polar surface area (TPSA) is 50.3 Å². The molecule has 2 aliphatic rings. The molecular formula is C25H20N2O2. The van der Waals surface area contributed by atoms with E-state index in [1.54, 1.807) is 24.4 Å². The van der Waals surface area contributed by atoms with Crippen molar-refractivity contribution < 1.29 is 9.59 Å². The van der Waals surface area contributed by atoms with E-state index in [0.717, 1.165) is 11.1 Å². The lowest BCUT2D eigenvalue weighted by atomic mass is 9.68. The van der Waals surface area contributed by atoms with E-state index < -0.39 is 11.8 Å². The fourth-order valence-electron chi connectivity index (χ4n) is 4.65. The largest absolute Gasteiger partial charge is 0.274 e. The second-order valence-electron chi connectivity index (χ2n) is 7.51. The van der Waals surface area contributed by atoms with Crippen LogP contribution in [-0.4, -0.2) is 16.8 Å². The number of anilines is 1. The van der Waals surface area contributed by atoms with Crippen LogP contribution in [0.25, 0.3) is 0 Å². The summed E-state index contributed by atoms with van der Waals surface area (Å²) in [6, 6.07) is 25.2. The first-order chi connectivity index (χ1) is 14.3. The lowest BCUT2D eigenvalue weighted by molar-refractivity contribution is -0.122. The number of hydrogen-bond acceptors (Lipinski definition) is 3. The molecule has 1 saturated heterocycles. The Morgan fingerprint density at radius 3 is 1.55 bits per heavy atom. The molecule has 3 aromatic rings. The van der Waals surface area contributed by atoms with Crippen LogP contribution in [-0.2, 0) is 9.59 Å². The summed E-state index contributed by atoms with van der Waals surface area (Å²) >= 11 is 0. The minimum absolute atomic E-state index is 0.133. The molecule has 2 heterocycles. The third-order valence-electron chi connectivity index (χ3n) is 5.94. The average molecular weight is 380 g/mol. The van der Waals surface area contributed by atoms with E-state index in [1.165, 1.54) is 4.90 Å². The summed E-state index contributed by atoms with van der Waals surface area (Å²) < 4.78 is 0. The van der Waals surface area contributed by atoms with Crippen LogP contribution in [0.3, 0.4) is 0 Å². The van der Waals surface area contributed by atoms with Crippen molar-refractivity contribution in [3.05, 3.63) is 108 Å². The van der Waals surface area contributed by atoms with Gasteiger partial charge in [-0.3, -0.25) is 9.59 Å². The van der Waals surface area contributed by atoms with Gasteiger partial charge in [-0.05, 0) is 23.3 Å². The molecule has 1 aliphatic heterocycles.